The lowest BCUT2D eigenvalue weighted by Gasteiger charge is -2.07. The van der Waals surface area contributed by atoms with Crippen LogP contribution in [0.3, 0.4) is 0 Å². The highest BCUT2D eigenvalue weighted by molar-refractivity contribution is 7.90. The molecule has 32 heavy (non-hydrogen) atoms. The molecular formula is C26H23NO4S. The molecule has 4 aromatic rings. The van der Waals surface area contributed by atoms with Gasteiger partial charge in [-0.2, -0.15) is 0 Å². The zero-order valence-corrected chi connectivity index (χ0v) is 18.4. The van der Waals surface area contributed by atoms with E-state index in [9.17, 15) is 13.5 Å². The van der Waals surface area contributed by atoms with Gasteiger partial charge in [0.05, 0.1) is 17.0 Å². The molecule has 0 bridgehead atoms. The third-order valence-corrected chi connectivity index (χ3v) is 6.79. The lowest BCUT2D eigenvalue weighted by Crippen LogP contribution is -2.11. The molecule has 1 N–H and O–H groups in total. The molecule has 6 heteroatoms. The SMILES string of the molecule is Cc1ccc(S(=O)(=O)n2cc(C(O)C#CCOCc3ccccc3)c3ccccc32)cc1. The van der Waals surface area contributed by atoms with Crippen molar-refractivity contribution < 1.29 is 18.3 Å². The Morgan fingerprint density at radius 1 is 0.969 bits per heavy atom. The number of aliphatic hydroxyl groups excluding tert-OH is 1. The number of aryl methyl sites for hydroxylation is 1. The van der Waals surface area contributed by atoms with Gasteiger partial charge in [0.1, 0.15) is 12.7 Å². The first kappa shape index (κ1) is 21.8. The van der Waals surface area contributed by atoms with Gasteiger partial charge in [-0.25, -0.2) is 12.4 Å². The Labute approximate surface area is 188 Å². The fraction of sp³-hybridized carbons (Fsp3) is 0.154. The minimum Gasteiger partial charge on any atom is -0.376 e. The fourth-order valence-corrected chi connectivity index (χ4v) is 4.80. The second-order valence-electron chi connectivity index (χ2n) is 7.42. The van der Waals surface area contributed by atoms with Crippen LogP contribution in [0.1, 0.15) is 22.8 Å². The molecule has 1 unspecified atom stereocenters. The first-order valence-corrected chi connectivity index (χ1v) is 11.6. The Kier molecular flexibility index (Phi) is 6.42. The van der Waals surface area contributed by atoms with Gasteiger partial charge >= 0.3 is 0 Å². The number of hydrogen-bond acceptors (Lipinski definition) is 4. The highest BCUT2D eigenvalue weighted by atomic mass is 32.2. The molecule has 0 amide bonds. The van der Waals surface area contributed by atoms with Crippen LogP contribution < -0.4 is 0 Å². The Hall–Kier alpha value is -3.37. The number of rotatable bonds is 6. The molecule has 162 valence electrons. The van der Waals surface area contributed by atoms with E-state index in [1.165, 1.54) is 10.2 Å². The van der Waals surface area contributed by atoms with Crippen LogP contribution in [0, 0.1) is 18.8 Å². The molecule has 0 radical (unpaired) electrons. The molecule has 0 saturated heterocycles. The summed E-state index contributed by atoms with van der Waals surface area (Å²) in [7, 11) is -3.82. The summed E-state index contributed by atoms with van der Waals surface area (Å²) in [5.74, 6) is 5.59. The first-order valence-electron chi connectivity index (χ1n) is 10.2. The van der Waals surface area contributed by atoms with Gasteiger partial charge < -0.3 is 9.84 Å². The maximum atomic E-state index is 13.3. The molecule has 1 heterocycles. The molecule has 1 aromatic heterocycles. The lowest BCUT2D eigenvalue weighted by atomic mass is 10.1. The molecule has 1 atom stereocenters. The first-order chi connectivity index (χ1) is 15.5. The summed E-state index contributed by atoms with van der Waals surface area (Å²) >= 11 is 0. The van der Waals surface area contributed by atoms with Crippen LogP contribution >= 0.6 is 0 Å². The summed E-state index contributed by atoms with van der Waals surface area (Å²) in [4.78, 5) is 0.185. The van der Waals surface area contributed by atoms with Gasteiger partial charge in [-0.05, 0) is 30.7 Å². The van der Waals surface area contributed by atoms with Crippen molar-refractivity contribution in [2.75, 3.05) is 6.61 Å². The summed E-state index contributed by atoms with van der Waals surface area (Å²) in [6.45, 7) is 2.49. The molecule has 0 aliphatic heterocycles. The van der Waals surface area contributed by atoms with Gasteiger partial charge in [-0.15, -0.1) is 0 Å². The Balaban J connectivity index is 1.58. The standard InChI is InChI=1S/C26H23NO4S/c1-20-13-15-22(16-14-20)32(29,30)27-18-24(23-10-5-6-11-25(23)27)26(28)12-7-17-31-19-21-8-3-2-4-9-21/h2-6,8-11,13-16,18,26,28H,17,19H2,1H3. The van der Waals surface area contributed by atoms with E-state index in [0.717, 1.165) is 11.1 Å². The maximum Gasteiger partial charge on any atom is 0.268 e. The molecule has 0 aliphatic rings. The van der Waals surface area contributed by atoms with Crippen molar-refractivity contribution in [3.8, 4) is 11.8 Å². The smallest absolute Gasteiger partial charge is 0.268 e. The summed E-state index contributed by atoms with van der Waals surface area (Å²) < 4.78 is 33.3. The highest BCUT2D eigenvalue weighted by Gasteiger charge is 2.23. The number of ether oxygens (including phenoxy) is 1. The van der Waals surface area contributed by atoms with E-state index >= 15 is 0 Å². The van der Waals surface area contributed by atoms with Crippen molar-refractivity contribution in [2.45, 2.75) is 24.5 Å². The van der Waals surface area contributed by atoms with E-state index in [0.29, 0.717) is 23.1 Å². The highest BCUT2D eigenvalue weighted by Crippen LogP contribution is 2.29. The number of hydrogen-bond donors (Lipinski definition) is 1. The van der Waals surface area contributed by atoms with Crippen molar-refractivity contribution in [1.29, 1.82) is 0 Å². The van der Waals surface area contributed by atoms with Crippen molar-refractivity contribution in [3.05, 3.63) is 102 Å². The van der Waals surface area contributed by atoms with Crippen molar-refractivity contribution in [2.24, 2.45) is 0 Å². The van der Waals surface area contributed by atoms with Gasteiger partial charge in [0, 0.05) is 17.1 Å². The zero-order valence-electron chi connectivity index (χ0n) is 17.6. The quantitative estimate of drug-likeness (QED) is 0.352. The number of fused-ring (bicyclic) bond motifs is 1. The third kappa shape index (κ3) is 4.61. The van der Waals surface area contributed by atoms with Gasteiger partial charge in [0.2, 0.25) is 0 Å². The minimum atomic E-state index is -3.82. The zero-order chi connectivity index (χ0) is 22.6. The Morgan fingerprint density at radius 2 is 1.66 bits per heavy atom. The molecule has 3 aromatic carbocycles. The molecular weight excluding hydrogens is 422 g/mol. The molecule has 0 fully saturated rings. The molecule has 4 rings (SSSR count). The fourth-order valence-electron chi connectivity index (χ4n) is 3.43. The lowest BCUT2D eigenvalue weighted by molar-refractivity contribution is 0.153. The van der Waals surface area contributed by atoms with Crippen molar-refractivity contribution in [3.63, 3.8) is 0 Å². The second-order valence-corrected chi connectivity index (χ2v) is 9.23. The average molecular weight is 446 g/mol. The van der Waals surface area contributed by atoms with Crippen LogP contribution in [0.4, 0.5) is 0 Å². The van der Waals surface area contributed by atoms with Crippen LogP contribution in [-0.2, 0) is 21.4 Å². The van der Waals surface area contributed by atoms with Crippen LogP contribution in [0.25, 0.3) is 10.9 Å². The van der Waals surface area contributed by atoms with E-state index in [-0.39, 0.29) is 11.5 Å². The predicted octanol–water partition coefficient (Wildman–Crippen LogP) is 4.44. The molecule has 0 aliphatic carbocycles. The number of benzene rings is 3. The monoisotopic (exact) mass is 445 g/mol. The van der Waals surface area contributed by atoms with Crippen LogP contribution in [0.5, 0.6) is 0 Å². The van der Waals surface area contributed by atoms with Crippen LogP contribution in [-0.4, -0.2) is 24.1 Å². The van der Waals surface area contributed by atoms with E-state index in [2.05, 4.69) is 11.8 Å². The largest absolute Gasteiger partial charge is 0.376 e. The number of nitrogens with zero attached hydrogens (tertiary/aromatic N) is 1. The van der Waals surface area contributed by atoms with E-state index in [1.54, 1.807) is 48.5 Å². The molecule has 5 nitrogen and oxygen atoms in total. The number of aliphatic hydroxyl groups is 1. The third-order valence-electron chi connectivity index (χ3n) is 5.11. The summed E-state index contributed by atoms with van der Waals surface area (Å²) in [6.07, 6.45) is 0.305. The van der Waals surface area contributed by atoms with Gasteiger partial charge in [0.25, 0.3) is 10.0 Å². The Bertz CT molecular complexity index is 1380. The second kappa shape index (κ2) is 9.41. The Morgan fingerprint density at radius 3 is 2.41 bits per heavy atom. The summed E-state index contributed by atoms with van der Waals surface area (Å²) in [5, 5.41) is 11.3. The van der Waals surface area contributed by atoms with E-state index in [4.69, 9.17) is 4.74 Å². The number of aromatic nitrogens is 1. The topological polar surface area (TPSA) is 68.5 Å². The predicted molar refractivity (Wildman–Crippen MR) is 125 cm³/mol. The van der Waals surface area contributed by atoms with Gasteiger partial charge in [-0.3, -0.25) is 0 Å². The van der Waals surface area contributed by atoms with E-state index < -0.39 is 16.1 Å². The summed E-state index contributed by atoms with van der Waals surface area (Å²) in [6, 6.07) is 23.5. The summed E-state index contributed by atoms with van der Waals surface area (Å²) in [5.41, 5.74) is 2.94. The van der Waals surface area contributed by atoms with Gasteiger partial charge in [0.15, 0.2) is 0 Å². The van der Waals surface area contributed by atoms with E-state index in [1.807, 2.05) is 37.3 Å². The van der Waals surface area contributed by atoms with Crippen molar-refractivity contribution in [1.82, 2.24) is 3.97 Å². The normalized spacial score (nSPS) is 12.3. The average Bonchev–Trinajstić information content (AvgIpc) is 3.20. The molecule has 0 saturated carbocycles. The van der Waals surface area contributed by atoms with Crippen LogP contribution in [0.15, 0.2) is 90.0 Å². The van der Waals surface area contributed by atoms with Crippen molar-refractivity contribution >= 4 is 20.9 Å². The van der Waals surface area contributed by atoms with Crippen LogP contribution in [0.2, 0.25) is 0 Å². The maximum absolute atomic E-state index is 13.3. The van der Waals surface area contributed by atoms with Gasteiger partial charge in [-0.1, -0.05) is 78.1 Å². The molecule has 0 spiro atoms. The number of para-hydroxylation sites is 1. The minimum absolute atomic E-state index is 0.159.